The van der Waals surface area contributed by atoms with Crippen LogP contribution in [0.5, 0.6) is 23.0 Å². The van der Waals surface area contributed by atoms with E-state index in [1.807, 2.05) is 121 Å². The lowest BCUT2D eigenvalue weighted by atomic mass is 10.0. The molecule has 0 aliphatic rings. The second-order valence-electron chi connectivity index (χ2n) is 20.7. The average molecular weight is 1260 g/mol. The van der Waals surface area contributed by atoms with Crippen molar-refractivity contribution in [3.8, 4) is 34.1 Å². The zero-order valence-corrected chi connectivity index (χ0v) is 49.9. The molecule has 0 fully saturated rings. The fourth-order valence-corrected chi connectivity index (χ4v) is 10.6. The predicted octanol–water partition coefficient (Wildman–Crippen LogP) is 14.5. The normalized spacial score (nSPS) is 11.5. The summed E-state index contributed by atoms with van der Waals surface area (Å²) in [4.78, 5) is 34.2. The molecule has 0 saturated carbocycles. The number of hydrogen-bond donors (Lipinski definition) is 8. The van der Waals surface area contributed by atoms with E-state index in [0.29, 0.717) is 61.9 Å². The van der Waals surface area contributed by atoms with E-state index in [2.05, 4.69) is 107 Å². The van der Waals surface area contributed by atoms with Gasteiger partial charge in [0.05, 0.1) is 41.9 Å². The lowest BCUT2D eigenvalue weighted by Gasteiger charge is -2.17. The Kier molecular flexibility index (Phi) is 23.8. The molecule has 0 radical (unpaired) electrons. The average Bonchev–Trinajstić information content (AvgIpc) is 1.30. The highest BCUT2D eigenvalue weighted by atomic mass is 79.9. The molecule has 3 heterocycles. The van der Waals surface area contributed by atoms with Crippen LogP contribution in [0.3, 0.4) is 0 Å². The van der Waals surface area contributed by atoms with Crippen LogP contribution in [-0.4, -0.2) is 65.6 Å². The summed E-state index contributed by atoms with van der Waals surface area (Å²) in [6, 6.07) is 65.9. The van der Waals surface area contributed by atoms with Gasteiger partial charge in [-0.3, -0.25) is 14.6 Å². The lowest BCUT2D eigenvalue weighted by molar-refractivity contribution is 0.176. The Labute approximate surface area is 527 Å². The lowest BCUT2D eigenvalue weighted by Crippen LogP contribution is -2.24. The highest BCUT2D eigenvalue weighted by Crippen LogP contribution is 2.35. The van der Waals surface area contributed by atoms with Crippen molar-refractivity contribution in [3.63, 3.8) is 0 Å². The third-order valence-electron chi connectivity index (χ3n) is 14.6. The first-order valence-corrected chi connectivity index (χ1v) is 29.4. The van der Waals surface area contributed by atoms with Gasteiger partial charge in [0.1, 0.15) is 36.2 Å². The number of H-pyrrole nitrogens is 2. The van der Waals surface area contributed by atoms with Crippen molar-refractivity contribution in [2.75, 3.05) is 51.0 Å². The Hall–Kier alpha value is -9.55. The summed E-state index contributed by atoms with van der Waals surface area (Å²) in [6.45, 7) is 2.92. The molecule has 2 atom stereocenters. The topological polar surface area (TPSA) is 204 Å². The van der Waals surface area contributed by atoms with Crippen LogP contribution in [0.25, 0.3) is 32.9 Å². The second kappa shape index (κ2) is 32.4. The summed E-state index contributed by atoms with van der Waals surface area (Å²) >= 11 is 3.51. The number of hydrogen-bond acceptors (Lipinski definition) is 13. The van der Waals surface area contributed by atoms with E-state index in [-0.39, 0.29) is 26.0 Å². The number of aromatic nitrogens is 3. The monoisotopic (exact) mass is 1260 g/mol. The Bertz CT molecular complexity index is 4140. The first kappa shape index (κ1) is 65.4. The molecule has 3 aromatic heterocycles. The van der Waals surface area contributed by atoms with Gasteiger partial charge in [-0.25, -0.2) is 0 Å². The fraction of sp³-hybridized carbons (Fsp3) is 0.192. The zero-order valence-electron chi connectivity index (χ0n) is 48.3. The first-order valence-electron chi connectivity index (χ1n) is 28.6. The molecule has 11 aromatic rings. The van der Waals surface area contributed by atoms with E-state index in [0.717, 1.165) is 95.7 Å². The molecule has 16 heteroatoms. The van der Waals surface area contributed by atoms with Crippen molar-refractivity contribution in [1.82, 2.24) is 25.6 Å². The number of halogens is 1. The number of fused-ring (bicyclic) bond motifs is 2. The molecule has 8 aromatic carbocycles. The number of aliphatic hydroxyl groups excluding tert-OH is 2. The van der Waals surface area contributed by atoms with Crippen LogP contribution >= 0.6 is 15.9 Å². The molecule has 89 heavy (non-hydrogen) atoms. The number of anilines is 4. The molecule has 458 valence electrons. The molecule has 8 N–H and O–H groups in total. The maximum absolute atomic E-state index is 12.1. The molecule has 0 bridgehead atoms. The fourth-order valence-electron chi connectivity index (χ4n) is 10.1. The van der Waals surface area contributed by atoms with Crippen molar-refractivity contribution in [2.45, 2.75) is 53.1 Å². The van der Waals surface area contributed by atoms with Crippen molar-refractivity contribution >= 4 is 60.5 Å². The van der Waals surface area contributed by atoms with Gasteiger partial charge in [0, 0.05) is 82.3 Å². The van der Waals surface area contributed by atoms with E-state index in [4.69, 9.17) is 18.9 Å². The number of nitrogens with zero attached hydrogens (tertiary/aromatic N) is 1. The van der Waals surface area contributed by atoms with Crippen molar-refractivity contribution in [2.24, 2.45) is 0 Å². The van der Waals surface area contributed by atoms with E-state index >= 15 is 0 Å². The van der Waals surface area contributed by atoms with Crippen LogP contribution < -0.4 is 51.3 Å². The molecule has 0 aliphatic carbocycles. The molecule has 11 rings (SSSR count). The number of benzene rings is 8. The van der Waals surface area contributed by atoms with Crippen molar-refractivity contribution < 1.29 is 29.2 Å². The summed E-state index contributed by atoms with van der Waals surface area (Å²) < 4.78 is 23.8. The van der Waals surface area contributed by atoms with Gasteiger partial charge in [-0.15, -0.1) is 0 Å². The van der Waals surface area contributed by atoms with Crippen molar-refractivity contribution in [3.05, 3.63) is 277 Å². The predicted molar refractivity (Wildman–Crippen MR) is 364 cm³/mol. The van der Waals surface area contributed by atoms with Crippen LogP contribution in [0.1, 0.15) is 60.4 Å². The minimum Gasteiger partial charge on any atom is -0.496 e. The Morgan fingerprint density at radius 3 is 1.38 bits per heavy atom. The summed E-state index contributed by atoms with van der Waals surface area (Å²) in [6.07, 6.45) is 3.70. The number of methoxy groups -OCH3 is 2. The maximum atomic E-state index is 12.1. The van der Waals surface area contributed by atoms with Crippen LogP contribution in [-0.2, 0) is 26.1 Å². The molecule has 0 spiro atoms. The molecule has 0 unspecified atom stereocenters. The minimum atomic E-state index is -0.760. The largest absolute Gasteiger partial charge is 0.496 e. The van der Waals surface area contributed by atoms with E-state index < -0.39 is 12.2 Å². The van der Waals surface area contributed by atoms with Gasteiger partial charge < -0.3 is 60.4 Å². The molecule has 0 amide bonds. The Morgan fingerprint density at radius 1 is 0.483 bits per heavy atom. The molecule has 0 aliphatic heterocycles. The molecular formula is C73H76BrN7O8. The molecular weight excluding hydrogens is 1180 g/mol. The van der Waals surface area contributed by atoms with E-state index in [1.54, 1.807) is 44.7 Å². The van der Waals surface area contributed by atoms with Gasteiger partial charge in [0.15, 0.2) is 0 Å². The third-order valence-corrected chi connectivity index (χ3v) is 15.3. The number of aromatic amines is 2. The van der Waals surface area contributed by atoms with Crippen LogP contribution in [0.4, 0.5) is 22.7 Å². The second-order valence-corrected chi connectivity index (χ2v) is 21.5. The van der Waals surface area contributed by atoms with Crippen LogP contribution in [0.15, 0.2) is 233 Å². The minimum absolute atomic E-state index is 0. The van der Waals surface area contributed by atoms with Crippen molar-refractivity contribution in [1.29, 1.82) is 0 Å². The van der Waals surface area contributed by atoms with Gasteiger partial charge >= 0.3 is 0 Å². The van der Waals surface area contributed by atoms with Crippen LogP contribution in [0, 0.1) is 0 Å². The maximum Gasteiger partial charge on any atom is 0.248 e. The Morgan fingerprint density at radius 2 is 0.933 bits per heavy atom. The SMILES string of the molecule is C.C.COc1ccc(Nc2ccc(CCNC[C@H](O)c3ccc(OCc4ccccc4)c4[nH]c(=O)ccc34)cc2)cc1-c1cccnc1.COc1ccc(Nc2ccc(CCNC[C@H](O)c3ccc(OCc4ccccc4)c4[nH]c(=O)ccc34)cc2)cc1Br. The molecule has 15 nitrogen and oxygen atoms in total. The summed E-state index contributed by atoms with van der Waals surface area (Å²) in [5.41, 5.74) is 12.5. The first-order chi connectivity index (χ1) is 42.6. The number of pyridine rings is 3. The van der Waals surface area contributed by atoms with Gasteiger partial charge in [-0.1, -0.05) is 118 Å². The number of rotatable bonds is 25. The quantitative estimate of drug-likeness (QED) is 0.0251. The van der Waals surface area contributed by atoms with Gasteiger partial charge in [0.25, 0.3) is 0 Å². The van der Waals surface area contributed by atoms with E-state index in [9.17, 15) is 19.8 Å². The highest BCUT2D eigenvalue weighted by Gasteiger charge is 2.18. The third kappa shape index (κ3) is 17.8. The Balaban J connectivity index is 0.000000227. The standard InChI is InChI=1S/C38H36N4O4.C33H32BrN3O4.2CH4/c1-45-35-16-13-30(22-33(35)28-8-5-20-39-23-28)41-29-11-9-26(10-12-29)19-21-40-24-34(43)31-14-17-36(38-32(31)15-18-37(44)42-38)46-25-27-6-3-2-4-7-27;1-40-30-14-11-25(19-28(30)34)36-24-9-7-22(8-10-24)17-18-35-20-29(38)26-12-15-31(33-27(26)13-16-32(39)37-33)41-21-23-5-3-2-4-6-23;;/h2-18,20,22-23,34,40-41,43H,19,21,24-25H2,1H3,(H,42,44);2-16,19,29,35-36,38H,17-18,20-21H2,1H3,(H,37,39);2*1H4/t34-;29-;;/m00../s1. The molecule has 0 saturated heterocycles. The highest BCUT2D eigenvalue weighted by molar-refractivity contribution is 9.10. The van der Waals surface area contributed by atoms with Gasteiger partial charge in [-0.2, -0.15) is 0 Å². The zero-order chi connectivity index (χ0) is 60.3. The van der Waals surface area contributed by atoms with Crippen LogP contribution in [0.2, 0.25) is 0 Å². The summed E-state index contributed by atoms with van der Waals surface area (Å²) in [5, 5.41) is 37.2. The van der Waals surface area contributed by atoms with E-state index in [1.165, 1.54) is 23.3 Å². The number of ether oxygens (including phenoxy) is 4. The smallest absolute Gasteiger partial charge is 0.248 e. The summed E-state index contributed by atoms with van der Waals surface area (Å²) in [5.74, 6) is 2.72. The van der Waals surface area contributed by atoms with Gasteiger partial charge in [-0.05, 0) is 166 Å². The summed E-state index contributed by atoms with van der Waals surface area (Å²) in [7, 11) is 3.32. The number of aliphatic hydroxyl groups is 2. The number of nitrogens with one attached hydrogen (secondary N) is 6. The van der Waals surface area contributed by atoms with Gasteiger partial charge in [0.2, 0.25) is 11.1 Å².